The van der Waals surface area contributed by atoms with Gasteiger partial charge < -0.3 is 43.2 Å². The summed E-state index contributed by atoms with van der Waals surface area (Å²) < 4.78 is 0. The third-order valence-electron chi connectivity index (χ3n) is 0.250. The van der Waals surface area contributed by atoms with Crippen molar-refractivity contribution in [2.75, 3.05) is 26.2 Å². The first-order valence-electron chi connectivity index (χ1n) is 3.14. The van der Waals surface area contributed by atoms with Crippen molar-refractivity contribution in [1.82, 2.24) is 0 Å². The number of nitrogens with zero attached hydrogens (tertiary/aromatic N) is 2. The molecule has 0 aliphatic carbocycles. The van der Waals surface area contributed by atoms with Gasteiger partial charge in [-0.25, -0.2) is 0 Å². The standard InChI is InChI=1S/2C2H6N2.Co.2HNO2/c2*3-1-2-4;;2*2-1-3/h2*3-4H,1-2H2;;2*(H,2,3)/q2*-2;;;/p-2. The Labute approximate surface area is 97.4 Å². The summed E-state index contributed by atoms with van der Waals surface area (Å²) in [6.07, 6.45) is 0. The van der Waals surface area contributed by atoms with E-state index in [0.717, 1.165) is 10.7 Å². The minimum atomic E-state index is 0. The molecule has 0 saturated carbocycles. The SMILES string of the molecule is O=N[O-].O=N[O-].[Co].[NH-]CC[NH-].[NH-]CC[NH-]. The van der Waals surface area contributed by atoms with Crippen molar-refractivity contribution in [2.45, 2.75) is 0 Å². The van der Waals surface area contributed by atoms with Gasteiger partial charge in [-0.05, 0) is 0 Å². The van der Waals surface area contributed by atoms with Gasteiger partial charge in [0.05, 0.1) is 0 Å². The number of hydrogen-bond donors (Lipinski definition) is 0. The fourth-order valence-electron chi connectivity index (χ4n) is 0. The van der Waals surface area contributed by atoms with Gasteiger partial charge in [0, 0.05) is 16.8 Å². The maximum Gasteiger partial charge on any atom is 0 e. The van der Waals surface area contributed by atoms with Gasteiger partial charge in [-0.2, -0.15) is 26.2 Å². The van der Waals surface area contributed by atoms with E-state index in [-0.39, 0.29) is 43.0 Å². The van der Waals surface area contributed by atoms with E-state index in [2.05, 4.69) is 0 Å². The third-order valence-corrected chi connectivity index (χ3v) is 0.250. The molecule has 1 radical (unpaired) electrons. The molecular formula is C4H12CoN6O4-6. The van der Waals surface area contributed by atoms with Crippen LogP contribution < -0.4 is 0 Å². The van der Waals surface area contributed by atoms with E-state index in [1.807, 2.05) is 0 Å². The molecule has 0 aromatic rings. The van der Waals surface area contributed by atoms with E-state index in [0.29, 0.717) is 0 Å². The molecule has 0 aromatic heterocycles. The van der Waals surface area contributed by atoms with Crippen molar-refractivity contribution in [3.8, 4) is 0 Å². The van der Waals surface area contributed by atoms with Crippen LogP contribution in [0.25, 0.3) is 22.9 Å². The van der Waals surface area contributed by atoms with Crippen molar-refractivity contribution >= 4 is 0 Å². The van der Waals surface area contributed by atoms with Gasteiger partial charge >= 0.3 is 0 Å². The maximum atomic E-state index is 8.00. The fourth-order valence-corrected chi connectivity index (χ4v) is 0. The second kappa shape index (κ2) is 73.2. The Morgan fingerprint density at radius 2 is 0.800 bits per heavy atom. The van der Waals surface area contributed by atoms with Crippen molar-refractivity contribution in [1.29, 1.82) is 0 Å². The zero-order valence-electron chi connectivity index (χ0n) is 7.69. The molecular weight excluding hydrogens is 255 g/mol. The number of nitrogens with one attached hydrogen (secondary N) is 4. The molecule has 11 heteroatoms. The predicted molar refractivity (Wildman–Crippen MR) is 55.1 cm³/mol. The van der Waals surface area contributed by atoms with Crippen LogP contribution in [0.2, 0.25) is 0 Å². The Hall–Kier alpha value is -0.854. The van der Waals surface area contributed by atoms with E-state index in [1.54, 1.807) is 0 Å². The molecule has 0 atom stereocenters. The van der Waals surface area contributed by atoms with Crippen LogP contribution in [0.1, 0.15) is 0 Å². The fraction of sp³-hybridized carbons (Fsp3) is 1.00. The van der Waals surface area contributed by atoms with Crippen LogP contribution in [0.3, 0.4) is 0 Å². The Bertz CT molecular complexity index is 75.5. The quantitative estimate of drug-likeness (QED) is 0.546. The topological polar surface area (TPSA) is 200 Å². The predicted octanol–water partition coefficient (Wildman–Crippen LogP) is 2.68. The van der Waals surface area contributed by atoms with Crippen LogP contribution >= 0.6 is 0 Å². The van der Waals surface area contributed by atoms with Crippen LogP contribution in [0.5, 0.6) is 0 Å². The molecule has 0 rings (SSSR count). The van der Waals surface area contributed by atoms with Crippen molar-refractivity contribution in [3.05, 3.63) is 43.2 Å². The normalized spacial score (nSPS) is 5.60. The van der Waals surface area contributed by atoms with E-state index >= 15 is 0 Å². The van der Waals surface area contributed by atoms with Gasteiger partial charge in [-0.15, -0.1) is 10.7 Å². The largest absolute Gasteiger partial charge is 0.679 e. The van der Waals surface area contributed by atoms with Gasteiger partial charge in [0.2, 0.25) is 0 Å². The van der Waals surface area contributed by atoms with Gasteiger partial charge in [0.1, 0.15) is 0 Å². The van der Waals surface area contributed by atoms with E-state index in [9.17, 15) is 0 Å². The molecule has 0 aliphatic rings. The minimum absolute atomic E-state index is 0. The number of hydrogen-bond acceptors (Lipinski definition) is 6. The maximum absolute atomic E-state index is 8.00. The zero-order chi connectivity index (χ0) is 12.2. The molecule has 15 heavy (non-hydrogen) atoms. The summed E-state index contributed by atoms with van der Waals surface area (Å²) in [5.74, 6) is 0. The Morgan fingerprint density at radius 1 is 0.733 bits per heavy atom. The van der Waals surface area contributed by atoms with E-state index in [4.69, 9.17) is 43.2 Å². The Kier molecular flexibility index (Phi) is 143. The molecule has 0 unspecified atom stereocenters. The first-order valence-corrected chi connectivity index (χ1v) is 3.14. The van der Waals surface area contributed by atoms with Crippen LogP contribution in [0.15, 0.2) is 10.7 Å². The summed E-state index contributed by atoms with van der Waals surface area (Å²) in [6.45, 7) is 0.944. The molecule has 4 N–H and O–H groups in total. The van der Waals surface area contributed by atoms with Gasteiger partial charge in [-0.3, -0.25) is 0 Å². The summed E-state index contributed by atoms with van der Waals surface area (Å²) in [5.41, 5.74) is 25.1. The average Bonchev–Trinajstić information content (AvgIpc) is 2.20. The summed E-state index contributed by atoms with van der Waals surface area (Å²) in [6, 6.07) is 0. The molecule has 10 nitrogen and oxygen atoms in total. The summed E-state index contributed by atoms with van der Waals surface area (Å²) in [4.78, 5) is 16.0. The minimum Gasteiger partial charge on any atom is -0.679 e. The Balaban J connectivity index is -0.0000000293. The molecule has 0 aromatic carbocycles. The Morgan fingerprint density at radius 3 is 0.800 bits per heavy atom. The first-order chi connectivity index (χ1) is 6.66. The monoisotopic (exact) mass is 267 g/mol. The van der Waals surface area contributed by atoms with E-state index in [1.165, 1.54) is 0 Å². The van der Waals surface area contributed by atoms with Gasteiger partial charge in [0.15, 0.2) is 0 Å². The van der Waals surface area contributed by atoms with Crippen LogP contribution in [0.4, 0.5) is 0 Å². The zero-order valence-corrected chi connectivity index (χ0v) is 8.73. The number of rotatable bonds is 2. The van der Waals surface area contributed by atoms with E-state index < -0.39 is 0 Å². The summed E-state index contributed by atoms with van der Waals surface area (Å²) in [5, 5.41) is 18.0. The van der Waals surface area contributed by atoms with Crippen molar-refractivity contribution < 1.29 is 16.8 Å². The van der Waals surface area contributed by atoms with Crippen LogP contribution in [0, 0.1) is 20.2 Å². The third kappa shape index (κ3) is 1240. The van der Waals surface area contributed by atoms with Gasteiger partial charge in [-0.1, -0.05) is 0 Å². The second-order valence-corrected chi connectivity index (χ2v) is 1.15. The van der Waals surface area contributed by atoms with Crippen LogP contribution in [-0.2, 0) is 16.8 Å². The summed E-state index contributed by atoms with van der Waals surface area (Å²) in [7, 11) is 0. The van der Waals surface area contributed by atoms with Crippen molar-refractivity contribution in [2.24, 2.45) is 10.7 Å². The molecule has 0 saturated heterocycles. The van der Waals surface area contributed by atoms with Crippen molar-refractivity contribution in [3.63, 3.8) is 0 Å². The second-order valence-electron chi connectivity index (χ2n) is 1.15. The first kappa shape index (κ1) is 29.2. The smallest absolute Gasteiger partial charge is 0 e. The molecule has 0 fully saturated rings. The summed E-state index contributed by atoms with van der Waals surface area (Å²) >= 11 is 0. The van der Waals surface area contributed by atoms with Crippen LogP contribution in [-0.4, -0.2) is 26.2 Å². The molecule has 0 bridgehead atoms. The molecule has 0 heterocycles. The average molecular weight is 267 g/mol. The molecule has 97 valence electrons. The molecule has 0 amide bonds. The van der Waals surface area contributed by atoms with Gasteiger partial charge in [0.25, 0.3) is 0 Å². The molecule has 0 aliphatic heterocycles. The molecule has 0 spiro atoms.